The number of carbonyl (C=O) groups is 2. The van der Waals surface area contributed by atoms with Crippen LogP contribution in [-0.2, 0) is 4.79 Å². The number of carbonyl (C=O) groups excluding carboxylic acids is 2. The number of nitrogens with zero attached hydrogens (tertiary/aromatic N) is 2. The smallest absolute Gasteiger partial charge is 0.254 e. The first-order chi connectivity index (χ1) is 14.0. The van der Waals surface area contributed by atoms with Gasteiger partial charge in [0.05, 0.1) is 14.2 Å². The summed E-state index contributed by atoms with van der Waals surface area (Å²) in [7, 11) is 3.07. The van der Waals surface area contributed by atoms with Gasteiger partial charge in [-0.2, -0.15) is 0 Å². The van der Waals surface area contributed by atoms with Crippen LogP contribution in [0.2, 0.25) is 0 Å². The van der Waals surface area contributed by atoms with Crippen molar-refractivity contribution in [1.82, 2.24) is 10.1 Å². The standard InChI is InChI=1S/C21H27N3O5/c1-14-9-19(23-29-14)22-20(25)13-24(16-7-5-4-6-8-16)21(26)15-10-17(27-2)12-18(11-15)28-3/h9-12,16H,4-8,13H2,1-3H3,(H,22,23,25). The number of hydrogen-bond donors (Lipinski definition) is 1. The number of ether oxygens (including phenoxy) is 2. The lowest BCUT2D eigenvalue weighted by molar-refractivity contribution is -0.117. The van der Waals surface area contributed by atoms with Gasteiger partial charge in [0.1, 0.15) is 23.8 Å². The molecular weight excluding hydrogens is 374 g/mol. The SMILES string of the molecule is COc1cc(OC)cc(C(=O)N(CC(=O)Nc2cc(C)on2)C2CCCCC2)c1. The van der Waals surface area contributed by atoms with E-state index in [1.54, 1.807) is 36.1 Å². The maximum atomic E-state index is 13.4. The van der Waals surface area contributed by atoms with Crippen molar-refractivity contribution >= 4 is 17.6 Å². The van der Waals surface area contributed by atoms with E-state index >= 15 is 0 Å². The van der Waals surface area contributed by atoms with Crippen LogP contribution in [0.3, 0.4) is 0 Å². The van der Waals surface area contributed by atoms with Gasteiger partial charge in [0.2, 0.25) is 5.91 Å². The van der Waals surface area contributed by atoms with Crippen molar-refractivity contribution in [2.24, 2.45) is 0 Å². The number of hydrogen-bond acceptors (Lipinski definition) is 6. The van der Waals surface area contributed by atoms with Gasteiger partial charge in [-0.05, 0) is 31.9 Å². The lowest BCUT2D eigenvalue weighted by Crippen LogP contribution is -2.45. The third-order valence-electron chi connectivity index (χ3n) is 5.08. The fourth-order valence-electron chi connectivity index (χ4n) is 3.62. The first-order valence-electron chi connectivity index (χ1n) is 9.77. The number of benzene rings is 1. The third-order valence-corrected chi connectivity index (χ3v) is 5.08. The zero-order valence-electron chi connectivity index (χ0n) is 17.1. The van der Waals surface area contributed by atoms with E-state index in [1.807, 2.05) is 0 Å². The Hall–Kier alpha value is -3.03. The summed E-state index contributed by atoms with van der Waals surface area (Å²) >= 11 is 0. The van der Waals surface area contributed by atoms with Crippen LogP contribution in [0.4, 0.5) is 5.82 Å². The second-order valence-corrected chi connectivity index (χ2v) is 7.20. The van der Waals surface area contributed by atoms with Gasteiger partial charge in [-0.3, -0.25) is 9.59 Å². The monoisotopic (exact) mass is 401 g/mol. The molecule has 2 aromatic rings. The number of rotatable bonds is 7. The normalized spacial score (nSPS) is 14.3. The lowest BCUT2D eigenvalue weighted by Gasteiger charge is -2.34. The van der Waals surface area contributed by atoms with Crippen molar-refractivity contribution in [3.8, 4) is 11.5 Å². The van der Waals surface area contributed by atoms with Gasteiger partial charge >= 0.3 is 0 Å². The minimum Gasteiger partial charge on any atom is -0.497 e. The predicted molar refractivity (Wildman–Crippen MR) is 107 cm³/mol. The molecule has 156 valence electrons. The quantitative estimate of drug-likeness (QED) is 0.764. The van der Waals surface area contributed by atoms with Crippen LogP contribution in [0.15, 0.2) is 28.8 Å². The van der Waals surface area contributed by atoms with Crippen molar-refractivity contribution in [1.29, 1.82) is 0 Å². The fraction of sp³-hybridized carbons (Fsp3) is 0.476. The molecule has 1 aromatic heterocycles. The Morgan fingerprint density at radius 3 is 2.31 bits per heavy atom. The van der Waals surface area contributed by atoms with Crippen LogP contribution in [0, 0.1) is 6.92 Å². The highest BCUT2D eigenvalue weighted by Crippen LogP contribution is 2.27. The Labute approximate surface area is 170 Å². The molecule has 1 fully saturated rings. The minimum absolute atomic E-state index is 0.0123. The lowest BCUT2D eigenvalue weighted by atomic mass is 9.93. The van der Waals surface area contributed by atoms with E-state index in [9.17, 15) is 9.59 Å². The zero-order chi connectivity index (χ0) is 20.8. The molecule has 1 aromatic carbocycles. The van der Waals surface area contributed by atoms with E-state index in [-0.39, 0.29) is 24.4 Å². The maximum Gasteiger partial charge on any atom is 0.254 e. The van der Waals surface area contributed by atoms with Crippen molar-refractivity contribution in [2.75, 3.05) is 26.1 Å². The second kappa shape index (κ2) is 9.45. The van der Waals surface area contributed by atoms with Gasteiger partial charge < -0.3 is 24.2 Å². The molecular formula is C21H27N3O5. The Morgan fingerprint density at radius 1 is 1.10 bits per heavy atom. The highest BCUT2D eigenvalue weighted by molar-refractivity contribution is 5.99. The second-order valence-electron chi connectivity index (χ2n) is 7.20. The Balaban J connectivity index is 1.82. The summed E-state index contributed by atoms with van der Waals surface area (Å²) in [6, 6.07) is 6.69. The Bertz CT molecular complexity index is 836. The van der Waals surface area contributed by atoms with Gasteiger partial charge in [0.25, 0.3) is 5.91 Å². The highest BCUT2D eigenvalue weighted by Gasteiger charge is 2.29. The van der Waals surface area contributed by atoms with Gasteiger partial charge in [-0.1, -0.05) is 24.4 Å². The van der Waals surface area contributed by atoms with Crippen LogP contribution in [0.25, 0.3) is 0 Å². The molecule has 1 saturated carbocycles. The minimum atomic E-state index is -0.313. The summed E-state index contributed by atoms with van der Waals surface area (Å²) in [6.07, 6.45) is 4.99. The topological polar surface area (TPSA) is 93.9 Å². The van der Waals surface area contributed by atoms with Gasteiger partial charge in [0, 0.05) is 23.7 Å². The van der Waals surface area contributed by atoms with Crippen molar-refractivity contribution in [2.45, 2.75) is 45.1 Å². The van der Waals surface area contributed by atoms with E-state index in [4.69, 9.17) is 14.0 Å². The van der Waals surface area contributed by atoms with E-state index in [0.717, 1.165) is 32.1 Å². The molecule has 0 unspecified atom stereocenters. The van der Waals surface area contributed by atoms with E-state index in [2.05, 4.69) is 10.5 Å². The van der Waals surface area contributed by atoms with E-state index in [0.29, 0.717) is 28.6 Å². The summed E-state index contributed by atoms with van der Waals surface area (Å²) in [6.45, 7) is 1.69. The van der Waals surface area contributed by atoms with Crippen LogP contribution in [-0.4, -0.2) is 48.7 Å². The number of amides is 2. The van der Waals surface area contributed by atoms with E-state index < -0.39 is 0 Å². The van der Waals surface area contributed by atoms with Crippen LogP contribution in [0.5, 0.6) is 11.5 Å². The molecule has 0 bridgehead atoms. The summed E-state index contributed by atoms with van der Waals surface area (Å²) in [5, 5.41) is 6.48. The largest absolute Gasteiger partial charge is 0.497 e. The first-order valence-corrected chi connectivity index (χ1v) is 9.77. The number of aryl methyl sites for hydroxylation is 1. The molecule has 1 aliphatic rings. The molecule has 0 radical (unpaired) electrons. The molecule has 2 amide bonds. The van der Waals surface area contributed by atoms with E-state index in [1.165, 1.54) is 14.2 Å². The molecule has 1 N–H and O–H groups in total. The molecule has 0 aliphatic heterocycles. The Kier molecular flexibility index (Phi) is 6.74. The Morgan fingerprint density at radius 2 is 1.76 bits per heavy atom. The molecule has 1 aliphatic carbocycles. The van der Waals surface area contributed by atoms with Crippen molar-refractivity contribution in [3.63, 3.8) is 0 Å². The summed E-state index contributed by atoms with van der Waals surface area (Å²) < 4.78 is 15.6. The first kappa shape index (κ1) is 20.7. The predicted octanol–water partition coefficient (Wildman–Crippen LogP) is 3.41. The molecule has 0 atom stereocenters. The number of nitrogens with one attached hydrogen (secondary N) is 1. The summed E-state index contributed by atoms with van der Waals surface area (Å²) in [5.41, 5.74) is 0.428. The zero-order valence-corrected chi connectivity index (χ0v) is 17.1. The average Bonchev–Trinajstić information content (AvgIpc) is 3.16. The van der Waals surface area contributed by atoms with Crippen LogP contribution in [0.1, 0.15) is 48.2 Å². The molecule has 8 heteroatoms. The molecule has 29 heavy (non-hydrogen) atoms. The molecule has 8 nitrogen and oxygen atoms in total. The van der Waals surface area contributed by atoms with Gasteiger partial charge in [0.15, 0.2) is 5.82 Å². The molecule has 0 saturated heterocycles. The summed E-state index contributed by atoms with van der Waals surface area (Å²) in [4.78, 5) is 27.6. The molecule has 3 rings (SSSR count). The fourth-order valence-corrected chi connectivity index (χ4v) is 3.62. The number of methoxy groups -OCH3 is 2. The average molecular weight is 401 g/mol. The number of anilines is 1. The molecule has 1 heterocycles. The van der Waals surface area contributed by atoms with Crippen molar-refractivity contribution < 1.29 is 23.6 Å². The van der Waals surface area contributed by atoms with Gasteiger partial charge in [-0.25, -0.2) is 0 Å². The highest BCUT2D eigenvalue weighted by atomic mass is 16.5. The van der Waals surface area contributed by atoms with Crippen molar-refractivity contribution in [3.05, 3.63) is 35.6 Å². The number of aromatic nitrogens is 1. The summed E-state index contributed by atoms with van der Waals surface area (Å²) in [5.74, 6) is 1.46. The third kappa shape index (κ3) is 5.28. The van der Waals surface area contributed by atoms with Crippen LogP contribution < -0.4 is 14.8 Å². The van der Waals surface area contributed by atoms with Gasteiger partial charge in [-0.15, -0.1) is 0 Å². The maximum absolute atomic E-state index is 13.4. The molecule has 0 spiro atoms. The van der Waals surface area contributed by atoms with Crippen LogP contribution >= 0.6 is 0 Å².